The Labute approximate surface area is 117 Å². The van der Waals surface area contributed by atoms with Crippen LogP contribution in [-0.2, 0) is 19.7 Å². The van der Waals surface area contributed by atoms with Crippen molar-refractivity contribution in [3.05, 3.63) is 23.8 Å². The van der Waals surface area contributed by atoms with E-state index < -0.39 is 11.4 Å². The maximum atomic E-state index is 12.2. The standard InChI is InChI=1S/C15H17NO4/c1-10(17)6-7-15(14(18)20-3)9-16-13-5-4-11(19-2)8-12(13)15/h4-5,8-9H,6-7H2,1-3H3. The number of nitrogens with zero attached hydrogens (tertiary/aromatic N) is 1. The lowest BCUT2D eigenvalue weighted by molar-refractivity contribution is -0.144. The molecule has 20 heavy (non-hydrogen) atoms. The van der Waals surface area contributed by atoms with Crippen molar-refractivity contribution in [2.75, 3.05) is 14.2 Å². The Morgan fingerprint density at radius 3 is 2.65 bits per heavy atom. The zero-order valence-electron chi connectivity index (χ0n) is 11.8. The number of fused-ring (bicyclic) bond motifs is 1. The van der Waals surface area contributed by atoms with Gasteiger partial charge in [-0.15, -0.1) is 0 Å². The molecule has 1 heterocycles. The van der Waals surface area contributed by atoms with Gasteiger partial charge in [-0.1, -0.05) is 0 Å². The second-order valence-corrected chi connectivity index (χ2v) is 4.81. The summed E-state index contributed by atoms with van der Waals surface area (Å²) in [5.74, 6) is 0.262. The summed E-state index contributed by atoms with van der Waals surface area (Å²) in [5.41, 5.74) is 0.439. The predicted molar refractivity (Wildman–Crippen MR) is 74.8 cm³/mol. The molecule has 1 aromatic carbocycles. The Balaban J connectivity index is 2.48. The number of aliphatic imine (C=N–C) groups is 1. The van der Waals surface area contributed by atoms with E-state index in [1.165, 1.54) is 14.0 Å². The van der Waals surface area contributed by atoms with Crippen LogP contribution < -0.4 is 4.74 Å². The number of hydrogen-bond acceptors (Lipinski definition) is 5. The van der Waals surface area contributed by atoms with E-state index in [0.717, 1.165) is 5.56 Å². The van der Waals surface area contributed by atoms with E-state index >= 15 is 0 Å². The second-order valence-electron chi connectivity index (χ2n) is 4.81. The van der Waals surface area contributed by atoms with Crippen molar-refractivity contribution in [3.63, 3.8) is 0 Å². The molecule has 0 saturated carbocycles. The molecule has 5 nitrogen and oxygen atoms in total. The summed E-state index contributed by atoms with van der Waals surface area (Å²) in [6, 6.07) is 5.36. The molecule has 0 amide bonds. The molecule has 0 spiro atoms. The molecule has 0 bridgehead atoms. The smallest absolute Gasteiger partial charge is 0.321 e. The lowest BCUT2D eigenvalue weighted by Crippen LogP contribution is -2.37. The summed E-state index contributed by atoms with van der Waals surface area (Å²) >= 11 is 0. The van der Waals surface area contributed by atoms with Gasteiger partial charge < -0.3 is 14.3 Å². The van der Waals surface area contributed by atoms with Crippen molar-refractivity contribution in [2.45, 2.75) is 25.2 Å². The predicted octanol–water partition coefficient (Wildman–Crippen LogP) is 2.19. The number of Topliss-reactive ketones (excluding diaryl/α,β-unsaturated/α-hetero) is 1. The van der Waals surface area contributed by atoms with Crippen LogP contribution in [0, 0.1) is 0 Å². The summed E-state index contributed by atoms with van der Waals surface area (Å²) in [5, 5.41) is 0. The van der Waals surface area contributed by atoms with E-state index in [4.69, 9.17) is 9.47 Å². The molecule has 0 fully saturated rings. The van der Waals surface area contributed by atoms with E-state index in [1.54, 1.807) is 31.5 Å². The normalized spacial score (nSPS) is 19.6. The molecule has 0 saturated heterocycles. The summed E-state index contributed by atoms with van der Waals surface area (Å²) in [6.45, 7) is 1.50. The molecule has 1 atom stereocenters. The molecule has 0 radical (unpaired) electrons. The molecule has 1 aliphatic heterocycles. The number of carbonyl (C=O) groups excluding carboxylic acids is 2. The second kappa shape index (κ2) is 5.45. The van der Waals surface area contributed by atoms with Gasteiger partial charge in [0.05, 0.1) is 19.9 Å². The molecular formula is C15H17NO4. The topological polar surface area (TPSA) is 65.0 Å². The SMILES string of the molecule is COC(=O)C1(CCC(C)=O)C=Nc2ccc(OC)cc21. The number of methoxy groups -OCH3 is 2. The molecule has 1 aromatic rings. The number of hydrogen-bond donors (Lipinski definition) is 0. The Morgan fingerprint density at radius 1 is 1.30 bits per heavy atom. The van der Waals surface area contributed by atoms with Gasteiger partial charge in [0.25, 0.3) is 0 Å². The minimum atomic E-state index is -0.996. The van der Waals surface area contributed by atoms with Crippen LogP contribution in [0.1, 0.15) is 25.3 Å². The van der Waals surface area contributed by atoms with Crippen molar-refractivity contribution in [3.8, 4) is 5.75 Å². The lowest BCUT2D eigenvalue weighted by atomic mass is 9.78. The van der Waals surface area contributed by atoms with Crippen molar-refractivity contribution in [2.24, 2.45) is 4.99 Å². The Bertz CT molecular complexity index is 579. The highest BCUT2D eigenvalue weighted by Crippen LogP contribution is 2.42. The Hall–Kier alpha value is -2.17. The minimum Gasteiger partial charge on any atom is -0.497 e. The molecule has 0 N–H and O–H groups in total. The molecule has 5 heteroatoms. The van der Waals surface area contributed by atoms with Crippen LogP contribution in [0.4, 0.5) is 5.69 Å². The Kier molecular flexibility index (Phi) is 3.88. The minimum absolute atomic E-state index is 0.0259. The quantitative estimate of drug-likeness (QED) is 0.773. The average Bonchev–Trinajstić information content (AvgIpc) is 2.83. The van der Waals surface area contributed by atoms with Crippen molar-refractivity contribution in [1.82, 2.24) is 0 Å². The monoisotopic (exact) mass is 275 g/mol. The van der Waals surface area contributed by atoms with Crippen molar-refractivity contribution < 1.29 is 19.1 Å². The summed E-state index contributed by atoms with van der Waals surface area (Å²) in [6.07, 6.45) is 2.21. The molecular weight excluding hydrogens is 258 g/mol. The molecule has 0 aliphatic carbocycles. The zero-order valence-corrected chi connectivity index (χ0v) is 11.8. The van der Waals surface area contributed by atoms with Gasteiger partial charge in [0.1, 0.15) is 16.9 Å². The van der Waals surface area contributed by atoms with Gasteiger partial charge in [-0.2, -0.15) is 0 Å². The van der Waals surface area contributed by atoms with Gasteiger partial charge in [-0.25, -0.2) is 0 Å². The molecule has 1 aliphatic rings. The van der Waals surface area contributed by atoms with Gasteiger partial charge in [0, 0.05) is 18.2 Å². The number of ketones is 1. The van der Waals surface area contributed by atoms with Crippen LogP contribution in [0.25, 0.3) is 0 Å². The lowest BCUT2D eigenvalue weighted by Gasteiger charge is -2.24. The average molecular weight is 275 g/mol. The largest absolute Gasteiger partial charge is 0.497 e. The fraction of sp³-hybridized carbons (Fsp3) is 0.400. The first-order valence-electron chi connectivity index (χ1n) is 6.35. The third-order valence-corrected chi connectivity index (χ3v) is 3.53. The van der Waals surface area contributed by atoms with Crippen molar-refractivity contribution in [1.29, 1.82) is 0 Å². The fourth-order valence-corrected chi connectivity index (χ4v) is 2.38. The fourth-order valence-electron chi connectivity index (χ4n) is 2.38. The van der Waals surface area contributed by atoms with E-state index in [-0.39, 0.29) is 12.2 Å². The van der Waals surface area contributed by atoms with Gasteiger partial charge in [-0.05, 0) is 31.5 Å². The highest BCUT2D eigenvalue weighted by atomic mass is 16.5. The Morgan fingerprint density at radius 2 is 2.05 bits per heavy atom. The van der Waals surface area contributed by atoms with Crippen LogP contribution in [0.2, 0.25) is 0 Å². The summed E-state index contributed by atoms with van der Waals surface area (Å²) in [7, 11) is 2.90. The summed E-state index contributed by atoms with van der Waals surface area (Å²) in [4.78, 5) is 27.8. The van der Waals surface area contributed by atoms with Gasteiger partial charge in [0.15, 0.2) is 0 Å². The first-order chi connectivity index (χ1) is 9.53. The maximum absolute atomic E-state index is 12.2. The van der Waals surface area contributed by atoms with Gasteiger partial charge in [-0.3, -0.25) is 9.79 Å². The molecule has 0 aromatic heterocycles. The van der Waals surface area contributed by atoms with Crippen LogP contribution in [0.15, 0.2) is 23.2 Å². The first-order valence-corrected chi connectivity index (χ1v) is 6.35. The van der Waals surface area contributed by atoms with Crippen LogP contribution in [0.5, 0.6) is 5.75 Å². The zero-order chi connectivity index (χ0) is 14.8. The van der Waals surface area contributed by atoms with Crippen LogP contribution in [0.3, 0.4) is 0 Å². The third-order valence-electron chi connectivity index (χ3n) is 3.53. The summed E-state index contributed by atoms with van der Waals surface area (Å²) < 4.78 is 10.1. The highest BCUT2D eigenvalue weighted by molar-refractivity contribution is 6.07. The first kappa shape index (κ1) is 14.2. The number of carbonyl (C=O) groups is 2. The number of rotatable bonds is 5. The van der Waals surface area contributed by atoms with E-state index in [1.807, 2.05) is 0 Å². The molecule has 1 unspecified atom stereocenters. The van der Waals surface area contributed by atoms with E-state index in [9.17, 15) is 9.59 Å². The third kappa shape index (κ3) is 2.31. The molecule has 2 rings (SSSR count). The van der Waals surface area contributed by atoms with E-state index in [0.29, 0.717) is 17.9 Å². The van der Waals surface area contributed by atoms with Gasteiger partial charge in [0.2, 0.25) is 0 Å². The number of ether oxygens (including phenoxy) is 2. The highest BCUT2D eigenvalue weighted by Gasteiger charge is 2.44. The maximum Gasteiger partial charge on any atom is 0.321 e. The molecule has 106 valence electrons. The van der Waals surface area contributed by atoms with Crippen molar-refractivity contribution >= 4 is 23.7 Å². The number of esters is 1. The van der Waals surface area contributed by atoms with Crippen LogP contribution in [-0.4, -0.2) is 32.2 Å². The van der Waals surface area contributed by atoms with E-state index in [2.05, 4.69) is 4.99 Å². The van der Waals surface area contributed by atoms with Crippen LogP contribution >= 0.6 is 0 Å². The number of benzene rings is 1. The van der Waals surface area contributed by atoms with Gasteiger partial charge >= 0.3 is 5.97 Å².